The molecule has 4 saturated heterocycles. The maximum Gasteiger partial charge on any atom is 0.414 e. The average molecular weight is 745 g/mol. The van der Waals surface area contributed by atoms with E-state index in [1.807, 2.05) is 55.4 Å². The Hall–Kier alpha value is -3.14. The molecular formula is C30H50N8O10P2. The highest BCUT2D eigenvalue weighted by Gasteiger charge is 2.66. The molecule has 1 aliphatic carbocycles. The van der Waals surface area contributed by atoms with Crippen molar-refractivity contribution in [3.63, 3.8) is 0 Å². The van der Waals surface area contributed by atoms with Crippen LogP contribution in [0.5, 0.6) is 0 Å². The number of amides is 2. The molecule has 4 atom stereocenters. The Bertz CT molecular complexity index is 1470. The van der Waals surface area contributed by atoms with Gasteiger partial charge in [-0.05, 0) is 55.4 Å². The van der Waals surface area contributed by atoms with E-state index >= 15 is 0 Å². The number of nitrogens with one attached hydrogen (secondary N) is 4. The number of nitrogens with zero attached hydrogens (tertiary/aromatic N) is 4. The van der Waals surface area contributed by atoms with Crippen molar-refractivity contribution in [2.45, 2.75) is 77.5 Å². The molecule has 5 aliphatic rings. The van der Waals surface area contributed by atoms with E-state index in [0.717, 1.165) is 0 Å². The Kier molecular flexibility index (Phi) is 9.77. The molecule has 0 aromatic rings. The molecule has 0 aromatic carbocycles. The third-order valence-corrected chi connectivity index (χ3v) is 15.6. The highest BCUT2D eigenvalue weighted by Crippen LogP contribution is 2.68. The molecule has 0 radical (unpaired) electrons. The molecule has 280 valence electrons. The number of ketones is 2. The number of ether oxygens (including phenoxy) is 4. The number of Topliss-reactive ketones (excluding diaryl/α,β-unsaturated/α-hetero) is 2. The summed E-state index contributed by atoms with van der Waals surface area (Å²) in [5.41, 5.74) is -1.66. The van der Waals surface area contributed by atoms with Crippen LogP contribution in [-0.4, -0.2) is 131 Å². The maximum atomic E-state index is 13.8. The van der Waals surface area contributed by atoms with Crippen LogP contribution in [0.3, 0.4) is 0 Å². The van der Waals surface area contributed by atoms with Crippen LogP contribution in [0.2, 0.25) is 0 Å². The first kappa shape index (κ1) is 38.1. The van der Waals surface area contributed by atoms with Gasteiger partial charge in [-0.25, -0.2) is 38.4 Å². The lowest BCUT2D eigenvalue weighted by atomic mass is 10.0. The molecule has 0 spiro atoms. The second-order valence-electron chi connectivity index (χ2n) is 15.4. The zero-order chi connectivity index (χ0) is 37.2. The summed E-state index contributed by atoms with van der Waals surface area (Å²) in [5.74, 6) is -2.01. The largest absolute Gasteiger partial charge is 0.491 e. The summed E-state index contributed by atoms with van der Waals surface area (Å²) in [6.07, 6.45) is -1.75. The van der Waals surface area contributed by atoms with Gasteiger partial charge in [0.1, 0.15) is 24.6 Å². The molecule has 5 rings (SSSR count). The average Bonchev–Trinajstić information content (AvgIpc) is 3.96. The zero-order valence-corrected chi connectivity index (χ0v) is 32.2. The minimum Gasteiger partial charge on any atom is -0.491 e. The van der Waals surface area contributed by atoms with Crippen LogP contribution in [0.25, 0.3) is 0 Å². The van der Waals surface area contributed by atoms with E-state index in [1.165, 1.54) is 14.2 Å². The van der Waals surface area contributed by atoms with Crippen molar-refractivity contribution in [2.24, 2.45) is 0 Å². The quantitative estimate of drug-likeness (QED) is 0.0775. The summed E-state index contributed by atoms with van der Waals surface area (Å²) in [6, 6.07) is 0. The number of carbonyl (C=O) groups excluding carboxylic acids is 4. The molecule has 4 fully saturated rings. The van der Waals surface area contributed by atoms with Gasteiger partial charge in [-0.3, -0.25) is 18.7 Å². The van der Waals surface area contributed by atoms with Crippen molar-refractivity contribution >= 4 is 38.9 Å². The molecular weight excluding hydrogens is 694 g/mol. The predicted molar refractivity (Wildman–Crippen MR) is 181 cm³/mol. The Balaban J connectivity index is 1.11. The van der Waals surface area contributed by atoms with Gasteiger partial charge < -0.3 is 29.6 Å². The molecule has 4 heterocycles. The molecule has 4 unspecified atom stereocenters. The number of hydrogen-bond donors (Lipinski definition) is 4. The highest BCUT2D eigenvalue weighted by molar-refractivity contribution is 7.58. The SMILES string of the molecule is COC1=C(NCCOC(=O)NP(=O)(N2CC2(C)C)N2CC2(C)C)C(=O)C(OC)=C(NCCOC(=O)NP(=O)(N2CC2(C)C)N2CC2(C)C)C1=O. The van der Waals surface area contributed by atoms with E-state index in [9.17, 15) is 28.3 Å². The van der Waals surface area contributed by atoms with Crippen LogP contribution in [0.4, 0.5) is 9.59 Å². The summed E-state index contributed by atoms with van der Waals surface area (Å²) in [5, 5.41) is 10.7. The van der Waals surface area contributed by atoms with Crippen molar-refractivity contribution in [1.82, 2.24) is 39.5 Å². The smallest absolute Gasteiger partial charge is 0.414 e. The van der Waals surface area contributed by atoms with Gasteiger partial charge in [-0.1, -0.05) is 0 Å². The van der Waals surface area contributed by atoms with Crippen molar-refractivity contribution < 1.29 is 47.3 Å². The second-order valence-corrected chi connectivity index (χ2v) is 19.9. The van der Waals surface area contributed by atoms with Crippen molar-refractivity contribution in [3.05, 3.63) is 22.9 Å². The normalized spacial score (nSPS) is 30.2. The van der Waals surface area contributed by atoms with E-state index in [4.69, 9.17) is 18.9 Å². The minimum absolute atomic E-state index is 0.0842. The lowest BCUT2D eigenvalue weighted by Crippen LogP contribution is -2.39. The first-order chi connectivity index (χ1) is 23.1. The second kappa shape index (κ2) is 12.8. The fraction of sp³-hybridized carbons (Fsp3) is 0.733. The summed E-state index contributed by atoms with van der Waals surface area (Å²) in [6.45, 7) is 17.2. The van der Waals surface area contributed by atoms with Crippen LogP contribution in [0.1, 0.15) is 55.4 Å². The highest BCUT2D eigenvalue weighted by atomic mass is 31.2. The van der Waals surface area contributed by atoms with E-state index in [1.54, 1.807) is 18.7 Å². The molecule has 18 nitrogen and oxygen atoms in total. The van der Waals surface area contributed by atoms with E-state index in [2.05, 4.69) is 20.8 Å². The Labute approximate surface area is 292 Å². The topological polar surface area (TPSA) is 199 Å². The zero-order valence-electron chi connectivity index (χ0n) is 30.4. The molecule has 0 aromatic heterocycles. The molecule has 20 heteroatoms. The molecule has 2 amide bonds. The van der Waals surface area contributed by atoms with Crippen molar-refractivity contribution in [2.75, 3.05) is 66.7 Å². The first-order valence-electron chi connectivity index (χ1n) is 16.4. The van der Waals surface area contributed by atoms with Crippen LogP contribution >= 0.6 is 15.2 Å². The van der Waals surface area contributed by atoms with Gasteiger partial charge in [0.2, 0.25) is 11.6 Å². The lowest BCUT2D eigenvalue weighted by Gasteiger charge is -2.26. The summed E-state index contributed by atoms with van der Waals surface area (Å²) >= 11 is 0. The summed E-state index contributed by atoms with van der Waals surface area (Å²) in [7, 11) is -4.33. The van der Waals surface area contributed by atoms with Crippen LogP contribution in [0.15, 0.2) is 22.9 Å². The maximum absolute atomic E-state index is 13.8. The molecule has 4 N–H and O–H groups in total. The fourth-order valence-electron chi connectivity index (χ4n) is 5.99. The number of methoxy groups -OCH3 is 2. The van der Waals surface area contributed by atoms with Crippen LogP contribution in [-0.2, 0) is 37.7 Å². The van der Waals surface area contributed by atoms with Gasteiger partial charge in [0, 0.05) is 61.4 Å². The minimum atomic E-state index is -3.39. The fourth-order valence-corrected chi connectivity index (χ4v) is 12.7. The molecule has 0 bridgehead atoms. The van der Waals surface area contributed by atoms with Crippen molar-refractivity contribution in [1.29, 1.82) is 0 Å². The molecule has 0 saturated carbocycles. The van der Waals surface area contributed by atoms with Gasteiger partial charge >= 0.3 is 27.4 Å². The van der Waals surface area contributed by atoms with Gasteiger partial charge in [0.25, 0.3) is 0 Å². The molecule has 4 aliphatic heterocycles. The van der Waals surface area contributed by atoms with Gasteiger partial charge in [-0.15, -0.1) is 0 Å². The van der Waals surface area contributed by atoms with E-state index in [-0.39, 0.29) is 71.4 Å². The Morgan fingerprint density at radius 2 is 0.860 bits per heavy atom. The molecule has 50 heavy (non-hydrogen) atoms. The summed E-state index contributed by atoms with van der Waals surface area (Å²) in [4.78, 5) is 52.1. The Morgan fingerprint density at radius 3 is 1.08 bits per heavy atom. The number of rotatable bonds is 16. The van der Waals surface area contributed by atoms with Crippen LogP contribution in [0, 0.1) is 0 Å². The Morgan fingerprint density at radius 1 is 0.600 bits per heavy atom. The van der Waals surface area contributed by atoms with Gasteiger partial charge in [0.15, 0.2) is 11.5 Å². The monoisotopic (exact) mass is 744 g/mol. The summed E-state index contributed by atoms with van der Waals surface area (Å²) < 4.78 is 55.8. The van der Waals surface area contributed by atoms with Gasteiger partial charge in [-0.2, -0.15) is 0 Å². The van der Waals surface area contributed by atoms with Crippen molar-refractivity contribution in [3.8, 4) is 0 Å². The predicted octanol–water partition coefficient (Wildman–Crippen LogP) is 2.08. The number of carbonyl (C=O) groups is 4. The number of hydrogen-bond acceptors (Lipinski definition) is 12. The lowest BCUT2D eigenvalue weighted by molar-refractivity contribution is -0.121. The third-order valence-electron chi connectivity index (χ3n) is 9.31. The first-order valence-corrected chi connectivity index (χ1v) is 19.6. The van der Waals surface area contributed by atoms with E-state index in [0.29, 0.717) is 26.2 Å². The van der Waals surface area contributed by atoms with E-state index < -0.39 is 38.9 Å². The van der Waals surface area contributed by atoms with Crippen LogP contribution < -0.4 is 20.8 Å². The third kappa shape index (κ3) is 7.28. The standard InChI is InChI=1S/C30H50N8O10P2/c1-27(2)15-35(27)49(43,36-16-28(36,3)4)33-25(41)47-13-11-31-19-21(39)24(46-10)20(22(40)23(19)45-9)32-12-14-48-26(42)34-50(44,37-17-29(37,5)6)38-18-30(38,7)8/h31-32H,11-18H2,1-10H3,(H,33,41,43)(H,34,42,44). The van der Waals surface area contributed by atoms with Gasteiger partial charge in [0.05, 0.1) is 14.2 Å².